The predicted molar refractivity (Wildman–Crippen MR) is 126 cm³/mol. The summed E-state index contributed by atoms with van der Waals surface area (Å²) in [6.45, 7) is 3.87. The van der Waals surface area contributed by atoms with Crippen molar-refractivity contribution in [2.24, 2.45) is 0 Å². The molecule has 168 valence electrons. The van der Waals surface area contributed by atoms with Crippen molar-refractivity contribution in [3.8, 4) is 11.5 Å². The van der Waals surface area contributed by atoms with Crippen LogP contribution in [0.1, 0.15) is 31.0 Å². The number of nitrogens with zero attached hydrogens (tertiary/aromatic N) is 1. The molecule has 3 aromatic rings. The molecule has 1 unspecified atom stereocenters. The van der Waals surface area contributed by atoms with Gasteiger partial charge in [-0.15, -0.1) is 0 Å². The molecule has 3 aromatic carbocycles. The Bertz CT molecular complexity index is 1180. The molecule has 6 heteroatoms. The van der Waals surface area contributed by atoms with Crippen molar-refractivity contribution in [2.45, 2.75) is 26.0 Å². The van der Waals surface area contributed by atoms with Crippen molar-refractivity contribution < 1.29 is 24.2 Å². The Morgan fingerprint density at radius 2 is 1.48 bits per heavy atom. The van der Waals surface area contributed by atoms with Gasteiger partial charge in [0.1, 0.15) is 17.3 Å². The van der Waals surface area contributed by atoms with Crippen LogP contribution in [0.5, 0.6) is 11.5 Å². The van der Waals surface area contributed by atoms with Gasteiger partial charge in [0.25, 0.3) is 11.7 Å². The molecule has 0 radical (unpaired) electrons. The fourth-order valence-electron chi connectivity index (χ4n) is 3.91. The normalized spacial score (nSPS) is 17.5. The number of hydrogen-bond donors (Lipinski definition) is 1. The number of hydrogen-bond acceptors (Lipinski definition) is 5. The number of amides is 1. The van der Waals surface area contributed by atoms with Gasteiger partial charge in [-0.2, -0.15) is 0 Å². The molecular formula is C27H25NO5. The van der Waals surface area contributed by atoms with Gasteiger partial charge in [-0.3, -0.25) is 14.5 Å². The SMILES string of the molecule is COc1ccc(N2C(=O)C(=O)/C(=C(/O)c3ccccc3)C2c2ccc(OC(C)C)cc2)cc1. The van der Waals surface area contributed by atoms with E-state index in [1.54, 1.807) is 67.8 Å². The van der Waals surface area contributed by atoms with Crippen LogP contribution in [0.2, 0.25) is 0 Å². The second-order valence-electron chi connectivity index (χ2n) is 7.97. The lowest BCUT2D eigenvalue weighted by Crippen LogP contribution is -2.29. The number of aliphatic hydroxyl groups is 1. The highest BCUT2D eigenvalue weighted by Crippen LogP contribution is 2.42. The molecule has 1 heterocycles. The largest absolute Gasteiger partial charge is 0.507 e. The molecule has 6 nitrogen and oxygen atoms in total. The van der Waals surface area contributed by atoms with Crippen LogP contribution >= 0.6 is 0 Å². The molecule has 0 saturated carbocycles. The van der Waals surface area contributed by atoms with Crippen molar-refractivity contribution >= 4 is 23.1 Å². The topological polar surface area (TPSA) is 76.1 Å². The summed E-state index contributed by atoms with van der Waals surface area (Å²) in [5, 5.41) is 11.1. The zero-order chi connectivity index (χ0) is 23.5. The van der Waals surface area contributed by atoms with Crippen LogP contribution in [0.15, 0.2) is 84.4 Å². The van der Waals surface area contributed by atoms with E-state index in [1.807, 2.05) is 32.0 Å². The number of rotatable bonds is 6. The van der Waals surface area contributed by atoms with Gasteiger partial charge in [-0.1, -0.05) is 42.5 Å². The highest BCUT2D eigenvalue weighted by atomic mass is 16.5. The Kier molecular flexibility index (Phi) is 6.18. The molecule has 0 spiro atoms. The monoisotopic (exact) mass is 443 g/mol. The van der Waals surface area contributed by atoms with Crippen LogP contribution in [-0.4, -0.2) is 30.0 Å². The molecule has 1 amide bonds. The fraction of sp³-hybridized carbons (Fsp3) is 0.185. The van der Waals surface area contributed by atoms with Gasteiger partial charge in [0.05, 0.1) is 24.8 Å². The first-order valence-corrected chi connectivity index (χ1v) is 10.7. The average molecular weight is 443 g/mol. The molecule has 4 rings (SSSR count). The van der Waals surface area contributed by atoms with Crippen LogP contribution in [0.3, 0.4) is 0 Å². The zero-order valence-electron chi connectivity index (χ0n) is 18.7. The summed E-state index contributed by atoms with van der Waals surface area (Å²) in [7, 11) is 1.56. The minimum absolute atomic E-state index is 0.0128. The minimum Gasteiger partial charge on any atom is -0.507 e. The van der Waals surface area contributed by atoms with Crippen molar-refractivity contribution in [1.82, 2.24) is 0 Å². The molecule has 0 aromatic heterocycles. The quantitative estimate of drug-likeness (QED) is 0.326. The van der Waals surface area contributed by atoms with Gasteiger partial charge in [0, 0.05) is 11.3 Å². The van der Waals surface area contributed by atoms with Gasteiger partial charge < -0.3 is 14.6 Å². The van der Waals surface area contributed by atoms with Crippen LogP contribution < -0.4 is 14.4 Å². The summed E-state index contributed by atoms with van der Waals surface area (Å²) in [6.07, 6.45) is 0.0128. The lowest BCUT2D eigenvalue weighted by atomic mass is 9.95. The highest BCUT2D eigenvalue weighted by molar-refractivity contribution is 6.51. The van der Waals surface area contributed by atoms with E-state index in [2.05, 4.69) is 0 Å². The second-order valence-corrected chi connectivity index (χ2v) is 7.97. The van der Waals surface area contributed by atoms with Gasteiger partial charge in [-0.05, 0) is 55.8 Å². The van der Waals surface area contributed by atoms with Crippen molar-refractivity contribution in [3.63, 3.8) is 0 Å². The molecule has 1 atom stereocenters. The average Bonchev–Trinajstić information content (AvgIpc) is 3.10. The molecule has 1 fully saturated rings. The minimum atomic E-state index is -0.799. The van der Waals surface area contributed by atoms with Crippen LogP contribution in [-0.2, 0) is 9.59 Å². The van der Waals surface area contributed by atoms with Gasteiger partial charge in [-0.25, -0.2) is 0 Å². The molecule has 1 N–H and O–H groups in total. The van der Waals surface area contributed by atoms with Gasteiger partial charge >= 0.3 is 0 Å². The Labute approximate surface area is 192 Å². The van der Waals surface area contributed by atoms with Gasteiger partial charge in [0.15, 0.2) is 0 Å². The highest BCUT2D eigenvalue weighted by Gasteiger charge is 2.46. The predicted octanol–water partition coefficient (Wildman–Crippen LogP) is 5.11. The number of methoxy groups -OCH3 is 1. The molecular weight excluding hydrogens is 418 g/mol. The molecule has 1 aliphatic rings. The first kappa shape index (κ1) is 22.1. The number of aliphatic hydroxyl groups excluding tert-OH is 1. The third-order valence-electron chi connectivity index (χ3n) is 5.41. The number of benzene rings is 3. The standard InChI is InChI=1S/C27H25NO5/c1-17(2)33-22-13-9-18(10-14-22)24-23(25(29)19-7-5-4-6-8-19)26(30)27(31)28(24)20-11-15-21(32-3)16-12-20/h4-17,24,29H,1-3H3/b25-23+. The Morgan fingerprint density at radius 3 is 2.06 bits per heavy atom. The van der Waals surface area contributed by atoms with Gasteiger partial charge in [0.2, 0.25) is 0 Å². The van der Waals surface area contributed by atoms with E-state index in [0.717, 1.165) is 0 Å². The van der Waals surface area contributed by atoms with Crippen LogP contribution in [0, 0.1) is 0 Å². The number of carbonyl (C=O) groups excluding carboxylic acids is 2. The van der Waals surface area contributed by atoms with E-state index in [0.29, 0.717) is 28.3 Å². The fourth-order valence-corrected chi connectivity index (χ4v) is 3.91. The Morgan fingerprint density at radius 1 is 0.879 bits per heavy atom. The van der Waals surface area contributed by atoms with E-state index in [9.17, 15) is 14.7 Å². The summed E-state index contributed by atoms with van der Waals surface area (Å²) in [5.74, 6) is -0.341. The number of Topliss-reactive ketones (excluding diaryl/α,β-unsaturated/α-hetero) is 1. The Hall–Kier alpha value is -4.06. The van der Waals surface area contributed by atoms with Crippen molar-refractivity contribution in [2.75, 3.05) is 12.0 Å². The van der Waals surface area contributed by atoms with Crippen molar-refractivity contribution in [3.05, 3.63) is 95.6 Å². The van der Waals surface area contributed by atoms with E-state index >= 15 is 0 Å². The molecule has 1 aliphatic heterocycles. The van der Waals surface area contributed by atoms with Crippen LogP contribution in [0.25, 0.3) is 5.76 Å². The molecule has 0 aliphatic carbocycles. The van der Waals surface area contributed by atoms with E-state index in [1.165, 1.54) is 4.90 Å². The van der Waals surface area contributed by atoms with Crippen molar-refractivity contribution in [1.29, 1.82) is 0 Å². The van der Waals surface area contributed by atoms with E-state index in [-0.39, 0.29) is 17.4 Å². The zero-order valence-corrected chi connectivity index (χ0v) is 18.7. The lowest BCUT2D eigenvalue weighted by molar-refractivity contribution is -0.132. The second kappa shape index (κ2) is 9.20. The number of anilines is 1. The molecule has 1 saturated heterocycles. The third-order valence-corrected chi connectivity index (χ3v) is 5.41. The Balaban J connectivity index is 1.86. The summed E-state index contributed by atoms with van der Waals surface area (Å²) in [4.78, 5) is 27.8. The number of ketones is 1. The molecule has 0 bridgehead atoms. The molecule has 33 heavy (non-hydrogen) atoms. The number of carbonyl (C=O) groups is 2. The van der Waals surface area contributed by atoms with Crippen LogP contribution in [0.4, 0.5) is 5.69 Å². The summed E-state index contributed by atoms with van der Waals surface area (Å²) >= 11 is 0. The summed E-state index contributed by atoms with van der Waals surface area (Å²) in [6, 6.07) is 22.0. The summed E-state index contributed by atoms with van der Waals surface area (Å²) < 4.78 is 11.0. The maximum absolute atomic E-state index is 13.2. The maximum Gasteiger partial charge on any atom is 0.300 e. The first-order chi connectivity index (χ1) is 15.9. The third kappa shape index (κ3) is 4.32. The van der Waals surface area contributed by atoms with E-state index < -0.39 is 17.7 Å². The smallest absolute Gasteiger partial charge is 0.300 e. The van der Waals surface area contributed by atoms with E-state index in [4.69, 9.17) is 9.47 Å². The first-order valence-electron chi connectivity index (χ1n) is 10.7. The number of ether oxygens (including phenoxy) is 2. The summed E-state index contributed by atoms with van der Waals surface area (Å²) in [5.41, 5.74) is 1.71. The maximum atomic E-state index is 13.2. The lowest BCUT2D eigenvalue weighted by Gasteiger charge is -2.26.